The van der Waals surface area contributed by atoms with Crippen LogP contribution in [0.25, 0.3) is 0 Å². The fourth-order valence-electron chi connectivity index (χ4n) is 4.69. The Labute approximate surface area is 247 Å². The van der Waals surface area contributed by atoms with Crippen LogP contribution < -0.4 is 10.6 Å². The zero-order valence-electron chi connectivity index (χ0n) is 24.6. The summed E-state index contributed by atoms with van der Waals surface area (Å²) in [6, 6.07) is 18.1. The highest BCUT2D eigenvalue weighted by Crippen LogP contribution is 2.24. The summed E-state index contributed by atoms with van der Waals surface area (Å²) in [6.45, 7) is 5.06. The van der Waals surface area contributed by atoms with Crippen LogP contribution >= 0.6 is 0 Å². The number of benzene rings is 2. The van der Waals surface area contributed by atoms with Gasteiger partial charge in [-0.1, -0.05) is 72.8 Å². The maximum atomic E-state index is 13.2. The van der Waals surface area contributed by atoms with Gasteiger partial charge in [0.05, 0.1) is 37.5 Å². The van der Waals surface area contributed by atoms with E-state index in [-0.39, 0.29) is 50.6 Å². The molecule has 0 saturated heterocycles. The van der Waals surface area contributed by atoms with Crippen molar-refractivity contribution in [1.29, 1.82) is 0 Å². The fourth-order valence-corrected chi connectivity index (χ4v) is 4.69. The largest absolute Gasteiger partial charge is 0.460 e. The van der Waals surface area contributed by atoms with E-state index in [1.54, 1.807) is 45.1 Å². The third-order valence-corrected chi connectivity index (χ3v) is 6.78. The molecular weight excluding hydrogens is 536 g/mol. The molecule has 2 aromatic carbocycles. The van der Waals surface area contributed by atoms with E-state index >= 15 is 0 Å². The summed E-state index contributed by atoms with van der Waals surface area (Å²) < 4.78 is 11.3. The van der Waals surface area contributed by atoms with Crippen LogP contribution in [0.1, 0.15) is 63.7 Å². The molecule has 9 nitrogen and oxygen atoms in total. The van der Waals surface area contributed by atoms with Crippen molar-refractivity contribution in [2.75, 3.05) is 13.2 Å². The molecule has 0 saturated carbocycles. The topological polar surface area (TPSA) is 131 Å². The Morgan fingerprint density at radius 2 is 1.60 bits per heavy atom. The molecule has 0 radical (unpaired) electrons. The number of rotatable bonds is 9. The van der Waals surface area contributed by atoms with Gasteiger partial charge in [-0.2, -0.15) is 0 Å². The van der Waals surface area contributed by atoms with Crippen molar-refractivity contribution >= 4 is 23.8 Å². The van der Waals surface area contributed by atoms with Gasteiger partial charge < -0.3 is 25.2 Å². The molecule has 0 aromatic heterocycles. The minimum Gasteiger partial charge on any atom is -0.460 e. The number of ether oxygens (including phenoxy) is 2. The monoisotopic (exact) mass is 578 g/mol. The lowest BCUT2D eigenvalue weighted by molar-refractivity contribution is -0.164. The van der Waals surface area contributed by atoms with Gasteiger partial charge in [0.2, 0.25) is 11.8 Å². The Morgan fingerprint density at radius 1 is 0.976 bits per heavy atom. The number of hydrogen-bond donors (Lipinski definition) is 3. The Hall–Kier alpha value is -3.98. The van der Waals surface area contributed by atoms with E-state index in [1.165, 1.54) is 0 Å². The number of amides is 2. The summed E-state index contributed by atoms with van der Waals surface area (Å²) in [4.78, 5) is 52.0. The number of carbonyl (C=O) groups excluding carboxylic acids is 4. The van der Waals surface area contributed by atoms with Crippen molar-refractivity contribution in [3.63, 3.8) is 0 Å². The second kappa shape index (κ2) is 15.9. The Bertz CT molecular complexity index is 1210. The Balaban J connectivity index is 1.75. The summed E-state index contributed by atoms with van der Waals surface area (Å²) in [6.07, 6.45) is 3.39. The molecule has 1 aliphatic heterocycles. The van der Waals surface area contributed by atoms with Crippen LogP contribution in [0.15, 0.2) is 72.8 Å². The minimum atomic E-state index is -0.786. The standard InChI is InChI=1S/C33H42N2O7/c1-33(2,3)42-30(38)20-26-17-11-10-16-25(19-29(37)35-27(22-36)18-23-12-6-4-7-13-23)31(39)34-21-28(41-32(26)40)24-14-8-5-9-15-24/h4-15,25-28,36H,16-22H2,1-3H3,(H,34,39)(H,35,37)/b11-10-/t25-,26+,27+,28+/m0/s1. The van der Waals surface area contributed by atoms with Gasteiger partial charge in [0, 0.05) is 6.42 Å². The third kappa shape index (κ3) is 11.1. The van der Waals surface area contributed by atoms with Crippen LogP contribution in [0, 0.1) is 11.8 Å². The van der Waals surface area contributed by atoms with Crippen molar-refractivity contribution < 1.29 is 33.8 Å². The molecule has 0 aliphatic carbocycles. The first-order chi connectivity index (χ1) is 20.0. The van der Waals surface area contributed by atoms with E-state index < -0.39 is 41.5 Å². The smallest absolute Gasteiger partial charge is 0.310 e. The van der Waals surface area contributed by atoms with E-state index in [1.807, 2.05) is 48.5 Å². The maximum Gasteiger partial charge on any atom is 0.310 e. The van der Waals surface area contributed by atoms with Crippen molar-refractivity contribution in [3.05, 3.63) is 83.9 Å². The highest BCUT2D eigenvalue weighted by Gasteiger charge is 2.30. The predicted molar refractivity (Wildman–Crippen MR) is 158 cm³/mol. The summed E-state index contributed by atoms with van der Waals surface area (Å²) >= 11 is 0. The van der Waals surface area contributed by atoms with Gasteiger partial charge in [-0.25, -0.2) is 0 Å². The lowest BCUT2D eigenvalue weighted by Crippen LogP contribution is -2.42. The Morgan fingerprint density at radius 3 is 2.21 bits per heavy atom. The normalized spacial score (nSPS) is 21.5. The van der Waals surface area contributed by atoms with E-state index in [0.29, 0.717) is 12.0 Å². The zero-order chi connectivity index (χ0) is 30.5. The first kappa shape index (κ1) is 32.5. The second-order valence-electron chi connectivity index (χ2n) is 11.5. The quantitative estimate of drug-likeness (QED) is 0.305. The predicted octanol–water partition coefficient (Wildman–Crippen LogP) is 3.81. The molecule has 0 unspecified atom stereocenters. The molecule has 226 valence electrons. The van der Waals surface area contributed by atoms with Crippen LogP contribution in [-0.2, 0) is 35.1 Å². The molecule has 0 bridgehead atoms. The summed E-state index contributed by atoms with van der Waals surface area (Å²) in [7, 11) is 0. The van der Waals surface area contributed by atoms with Gasteiger partial charge in [0.15, 0.2) is 0 Å². The van der Waals surface area contributed by atoms with Crippen molar-refractivity contribution in [1.82, 2.24) is 10.6 Å². The fraction of sp³-hybridized carbons (Fsp3) is 0.455. The van der Waals surface area contributed by atoms with Crippen LogP contribution in [0.2, 0.25) is 0 Å². The van der Waals surface area contributed by atoms with Gasteiger partial charge in [-0.05, 0) is 51.2 Å². The van der Waals surface area contributed by atoms with Crippen LogP contribution in [0.3, 0.4) is 0 Å². The number of nitrogens with one attached hydrogen (secondary N) is 2. The van der Waals surface area contributed by atoms with E-state index in [4.69, 9.17) is 9.47 Å². The molecule has 2 aromatic rings. The number of allylic oxidation sites excluding steroid dienone is 2. The minimum absolute atomic E-state index is 0.00283. The molecular formula is C33H42N2O7. The van der Waals surface area contributed by atoms with E-state index in [2.05, 4.69) is 10.6 Å². The summed E-state index contributed by atoms with van der Waals surface area (Å²) in [5.74, 6) is -3.21. The number of cyclic esters (lactones) is 1. The number of carbonyl (C=O) groups is 4. The van der Waals surface area contributed by atoms with E-state index in [9.17, 15) is 24.3 Å². The van der Waals surface area contributed by atoms with Gasteiger partial charge in [0.1, 0.15) is 11.7 Å². The van der Waals surface area contributed by atoms with Crippen LogP contribution in [0.4, 0.5) is 0 Å². The number of aliphatic hydroxyl groups is 1. The molecule has 42 heavy (non-hydrogen) atoms. The van der Waals surface area contributed by atoms with Gasteiger partial charge in [0.25, 0.3) is 0 Å². The van der Waals surface area contributed by atoms with Crippen LogP contribution in [-0.4, -0.2) is 53.7 Å². The third-order valence-electron chi connectivity index (χ3n) is 6.78. The average Bonchev–Trinajstić information content (AvgIpc) is 2.95. The van der Waals surface area contributed by atoms with Crippen molar-refractivity contribution in [2.24, 2.45) is 11.8 Å². The number of aliphatic hydroxyl groups excluding tert-OH is 1. The Kier molecular flexibility index (Phi) is 12.3. The molecule has 0 fully saturated rings. The maximum absolute atomic E-state index is 13.2. The van der Waals surface area contributed by atoms with Crippen molar-refractivity contribution in [2.45, 2.75) is 70.6 Å². The summed E-state index contributed by atoms with van der Waals surface area (Å²) in [5, 5.41) is 15.5. The van der Waals surface area contributed by atoms with Gasteiger partial charge in [-0.15, -0.1) is 0 Å². The lowest BCUT2D eigenvalue weighted by Gasteiger charge is -2.25. The first-order valence-corrected chi connectivity index (χ1v) is 14.4. The summed E-state index contributed by atoms with van der Waals surface area (Å²) in [5.41, 5.74) is 0.977. The number of hydrogen-bond acceptors (Lipinski definition) is 7. The molecule has 0 spiro atoms. The first-order valence-electron chi connectivity index (χ1n) is 14.4. The lowest BCUT2D eigenvalue weighted by atomic mass is 9.96. The molecule has 4 atom stereocenters. The number of esters is 2. The average molecular weight is 579 g/mol. The molecule has 2 amide bonds. The van der Waals surface area contributed by atoms with Gasteiger partial charge in [-0.3, -0.25) is 19.2 Å². The van der Waals surface area contributed by atoms with Crippen molar-refractivity contribution in [3.8, 4) is 0 Å². The zero-order valence-corrected chi connectivity index (χ0v) is 24.6. The highest BCUT2D eigenvalue weighted by molar-refractivity contribution is 5.86. The molecule has 1 aliphatic rings. The van der Waals surface area contributed by atoms with E-state index in [0.717, 1.165) is 5.56 Å². The highest BCUT2D eigenvalue weighted by atomic mass is 16.6. The van der Waals surface area contributed by atoms with Gasteiger partial charge >= 0.3 is 11.9 Å². The molecule has 3 N–H and O–H groups in total. The van der Waals surface area contributed by atoms with Crippen LogP contribution in [0.5, 0.6) is 0 Å². The molecule has 1 heterocycles. The SMILES string of the molecule is CC(C)(C)OC(=O)C[C@H]1C/C=C\C[C@@H](CC(=O)N[C@@H](CO)Cc2ccccc2)C(=O)NC[C@H](c2ccccc2)OC1=O. The second-order valence-corrected chi connectivity index (χ2v) is 11.5. The molecule has 9 heteroatoms. The molecule has 3 rings (SSSR count).